The second kappa shape index (κ2) is 9.34. The molecule has 7 nitrogen and oxygen atoms in total. The minimum Gasteiger partial charge on any atom is -0.352 e. The number of rotatable bonds is 7. The van der Waals surface area contributed by atoms with Crippen LogP contribution in [-0.2, 0) is 16.4 Å². The van der Waals surface area contributed by atoms with Crippen LogP contribution in [0.2, 0.25) is 0 Å². The summed E-state index contributed by atoms with van der Waals surface area (Å²) in [7, 11) is -3.71. The molecule has 0 heterocycles. The zero-order valence-electron chi connectivity index (χ0n) is 16.0. The van der Waals surface area contributed by atoms with Crippen molar-refractivity contribution in [2.45, 2.75) is 11.3 Å². The van der Waals surface area contributed by atoms with Crippen LogP contribution in [0.3, 0.4) is 0 Å². The summed E-state index contributed by atoms with van der Waals surface area (Å²) in [5.74, 6) is -0.460. The van der Waals surface area contributed by atoms with Gasteiger partial charge in [0.1, 0.15) is 0 Å². The molecule has 0 unspecified atom stereocenters. The SMILES string of the molecule is NS(=O)(=O)c1ccc(CCNC(=O)c2ccc(NC(=O)c3ccccc3)cc2)cc1. The van der Waals surface area contributed by atoms with Crippen LogP contribution in [0, 0.1) is 0 Å². The minimum absolute atomic E-state index is 0.0507. The zero-order valence-corrected chi connectivity index (χ0v) is 16.9. The van der Waals surface area contributed by atoms with Crippen LogP contribution < -0.4 is 15.8 Å². The Morgan fingerprint density at radius 1 is 0.767 bits per heavy atom. The third-order valence-corrected chi connectivity index (χ3v) is 5.32. The van der Waals surface area contributed by atoms with E-state index in [2.05, 4.69) is 10.6 Å². The fraction of sp³-hybridized carbons (Fsp3) is 0.0909. The van der Waals surface area contributed by atoms with Gasteiger partial charge in [-0.15, -0.1) is 0 Å². The van der Waals surface area contributed by atoms with Crippen LogP contribution in [-0.4, -0.2) is 26.8 Å². The van der Waals surface area contributed by atoms with Gasteiger partial charge >= 0.3 is 0 Å². The van der Waals surface area contributed by atoms with Gasteiger partial charge in [0, 0.05) is 23.4 Å². The molecule has 154 valence electrons. The van der Waals surface area contributed by atoms with Crippen LogP contribution in [0.5, 0.6) is 0 Å². The maximum Gasteiger partial charge on any atom is 0.255 e. The molecule has 8 heteroatoms. The van der Waals surface area contributed by atoms with E-state index in [1.54, 1.807) is 60.7 Å². The van der Waals surface area contributed by atoms with E-state index in [0.717, 1.165) is 5.56 Å². The molecule has 0 saturated carbocycles. The van der Waals surface area contributed by atoms with E-state index in [1.807, 2.05) is 6.07 Å². The summed E-state index contributed by atoms with van der Waals surface area (Å²) < 4.78 is 22.5. The summed E-state index contributed by atoms with van der Waals surface area (Å²) in [4.78, 5) is 24.5. The Morgan fingerprint density at radius 3 is 1.97 bits per heavy atom. The lowest BCUT2D eigenvalue weighted by Gasteiger charge is -2.08. The average molecular weight is 423 g/mol. The van der Waals surface area contributed by atoms with Crippen molar-refractivity contribution in [3.63, 3.8) is 0 Å². The van der Waals surface area contributed by atoms with Crippen molar-refractivity contribution in [3.05, 3.63) is 95.6 Å². The Hall–Kier alpha value is -3.49. The van der Waals surface area contributed by atoms with E-state index < -0.39 is 10.0 Å². The number of anilines is 1. The van der Waals surface area contributed by atoms with Crippen LogP contribution >= 0.6 is 0 Å². The number of primary sulfonamides is 1. The summed E-state index contributed by atoms with van der Waals surface area (Å²) in [6.45, 7) is 0.389. The van der Waals surface area contributed by atoms with E-state index in [9.17, 15) is 18.0 Å². The van der Waals surface area contributed by atoms with Gasteiger partial charge in [0.05, 0.1) is 4.90 Å². The second-order valence-corrected chi connectivity index (χ2v) is 8.15. The molecule has 3 aromatic rings. The van der Waals surface area contributed by atoms with Gasteiger partial charge in [-0.25, -0.2) is 13.6 Å². The highest BCUT2D eigenvalue weighted by Gasteiger charge is 2.09. The highest BCUT2D eigenvalue weighted by atomic mass is 32.2. The standard InChI is InChI=1S/C22H21N3O4S/c23-30(28,29)20-12-6-16(7-13-20)14-15-24-21(26)18-8-10-19(11-9-18)25-22(27)17-4-2-1-3-5-17/h1-13H,14-15H2,(H,24,26)(H,25,27)(H2,23,28,29). The van der Waals surface area contributed by atoms with Gasteiger partial charge in [-0.3, -0.25) is 9.59 Å². The number of sulfonamides is 1. The summed E-state index contributed by atoms with van der Waals surface area (Å²) in [5, 5.41) is 10.7. The number of hydrogen-bond acceptors (Lipinski definition) is 4. The molecule has 0 aliphatic rings. The first-order chi connectivity index (χ1) is 14.3. The molecule has 0 fully saturated rings. The van der Waals surface area contributed by atoms with Gasteiger partial charge in [0.25, 0.3) is 11.8 Å². The van der Waals surface area contributed by atoms with Gasteiger partial charge in [0.15, 0.2) is 0 Å². The molecule has 3 aromatic carbocycles. The number of nitrogens with one attached hydrogen (secondary N) is 2. The maximum absolute atomic E-state index is 12.3. The van der Waals surface area contributed by atoms with Crippen molar-refractivity contribution in [2.24, 2.45) is 5.14 Å². The average Bonchev–Trinajstić information content (AvgIpc) is 2.74. The fourth-order valence-electron chi connectivity index (χ4n) is 2.77. The normalized spacial score (nSPS) is 11.0. The van der Waals surface area contributed by atoms with Crippen molar-refractivity contribution < 1.29 is 18.0 Å². The number of amides is 2. The molecular weight excluding hydrogens is 402 g/mol. The largest absolute Gasteiger partial charge is 0.352 e. The number of benzene rings is 3. The first-order valence-corrected chi connectivity index (χ1v) is 10.7. The molecule has 3 rings (SSSR count). The maximum atomic E-state index is 12.3. The predicted octanol–water partition coefficient (Wildman–Crippen LogP) is 2.56. The van der Waals surface area contributed by atoms with Crippen molar-refractivity contribution in [1.82, 2.24) is 5.32 Å². The Kier molecular flexibility index (Phi) is 6.61. The van der Waals surface area contributed by atoms with Crippen LogP contribution in [0.25, 0.3) is 0 Å². The third kappa shape index (κ3) is 5.76. The number of nitrogens with two attached hydrogens (primary N) is 1. The first-order valence-electron chi connectivity index (χ1n) is 9.19. The Balaban J connectivity index is 1.50. The van der Waals surface area contributed by atoms with Crippen LogP contribution in [0.4, 0.5) is 5.69 Å². The number of carbonyl (C=O) groups excluding carboxylic acids is 2. The molecule has 0 spiro atoms. The molecule has 0 aromatic heterocycles. The third-order valence-electron chi connectivity index (χ3n) is 4.39. The lowest BCUT2D eigenvalue weighted by Crippen LogP contribution is -2.25. The lowest BCUT2D eigenvalue weighted by atomic mass is 10.1. The van der Waals surface area contributed by atoms with Crippen LogP contribution in [0.15, 0.2) is 83.8 Å². The molecule has 4 N–H and O–H groups in total. The van der Waals surface area contributed by atoms with Crippen molar-refractivity contribution in [2.75, 3.05) is 11.9 Å². The summed E-state index contributed by atoms with van der Waals surface area (Å²) in [6, 6.07) is 21.7. The molecule has 2 amide bonds. The molecule has 30 heavy (non-hydrogen) atoms. The van der Waals surface area contributed by atoms with Gasteiger partial charge in [-0.2, -0.15) is 0 Å². The smallest absolute Gasteiger partial charge is 0.255 e. The molecule has 0 aliphatic heterocycles. The highest BCUT2D eigenvalue weighted by Crippen LogP contribution is 2.12. The fourth-order valence-corrected chi connectivity index (χ4v) is 3.28. The molecule has 0 saturated heterocycles. The molecule has 0 atom stereocenters. The quantitative estimate of drug-likeness (QED) is 0.541. The first kappa shape index (κ1) is 21.2. The Labute approximate surface area is 175 Å². The molecule has 0 radical (unpaired) electrons. The van der Waals surface area contributed by atoms with Crippen LogP contribution in [0.1, 0.15) is 26.3 Å². The molecule has 0 aliphatic carbocycles. The van der Waals surface area contributed by atoms with Crippen molar-refractivity contribution >= 4 is 27.5 Å². The second-order valence-electron chi connectivity index (χ2n) is 6.59. The Bertz CT molecular complexity index is 1130. The van der Waals surface area contributed by atoms with E-state index in [1.165, 1.54) is 12.1 Å². The highest BCUT2D eigenvalue weighted by molar-refractivity contribution is 7.89. The van der Waals surface area contributed by atoms with E-state index in [0.29, 0.717) is 29.8 Å². The summed E-state index contributed by atoms with van der Waals surface area (Å²) in [5.41, 5.74) is 2.49. The molecular formula is C22H21N3O4S. The Morgan fingerprint density at radius 2 is 1.37 bits per heavy atom. The van der Waals surface area contributed by atoms with Gasteiger partial charge in [0.2, 0.25) is 10.0 Å². The van der Waals surface area contributed by atoms with Gasteiger partial charge in [-0.1, -0.05) is 30.3 Å². The minimum atomic E-state index is -3.71. The van der Waals surface area contributed by atoms with E-state index in [-0.39, 0.29) is 16.7 Å². The van der Waals surface area contributed by atoms with E-state index in [4.69, 9.17) is 5.14 Å². The van der Waals surface area contributed by atoms with Gasteiger partial charge < -0.3 is 10.6 Å². The monoisotopic (exact) mass is 423 g/mol. The number of carbonyl (C=O) groups is 2. The molecule has 0 bridgehead atoms. The van der Waals surface area contributed by atoms with Gasteiger partial charge in [-0.05, 0) is 60.5 Å². The number of hydrogen-bond donors (Lipinski definition) is 3. The van der Waals surface area contributed by atoms with Crippen molar-refractivity contribution in [1.29, 1.82) is 0 Å². The summed E-state index contributed by atoms with van der Waals surface area (Å²) >= 11 is 0. The topological polar surface area (TPSA) is 118 Å². The van der Waals surface area contributed by atoms with Crippen molar-refractivity contribution in [3.8, 4) is 0 Å². The predicted molar refractivity (Wildman–Crippen MR) is 115 cm³/mol. The lowest BCUT2D eigenvalue weighted by molar-refractivity contribution is 0.0953. The van der Waals surface area contributed by atoms with E-state index >= 15 is 0 Å². The zero-order chi connectivity index (χ0) is 21.6. The summed E-state index contributed by atoms with van der Waals surface area (Å²) in [6.07, 6.45) is 0.544.